The molecule has 0 aromatic heterocycles. The lowest BCUT2D eigenvalue weighted by molar-refractivity contribution is -0.384. The van der Waals surface area contributed by atoms with Gasteiger partial charge < -0.3 is 10.1 Å². The average Bonchev–Trinajstić information content (AvgIpc) is 2.49. The monoisotopic (exact) mass is 340 g/mol. The van der Waals surface area contributed by atoms with E-state index < -0.39 is 10.8 Å². The highest BCUT2D eigenvalue weighted by Gasteiger charge is 2.09. The minimum absolute atomic E-state index is 0.108. The van der Waals surface area contributed by atoms with Crippen LogP contribution in [0.4, 0.5) is 11.4 Å². The zero-order valence-corrected chi connectivity index (χ0v) is 12.6. The Labute approximate surface area is 135 Å². The summed E-state index contributed by atoms with van der Waals surface area (Å²) in [5.74, 6) is -0.0600. The minimum Gasteiger partial charge on any atom is -0.484 e. The lowest BCUT2D eigenvalue weighted by atomic mass is 10.3. The van der Waals surface area contributed by atoms with Crippen molar-refractivity contribution in [1.82, 2.24) is 0 Å². The third-order valence-electron chi connectivity index (χ3n) is 2.60. The van der Waals surface area contributed by atoms with Gasteiger partial charge in [0, 0.05) is 23.9 Å². The van der Waals surface area contributed by atoms with Crippen molar-refractivity contribution < 1.29 is 14.5 Å². The quantitative estimate of drug-likeness (QED) is 0.660. The molecule has 0 heterocycles. The second-order valence-electron chi connectivity index (χ2n) is 4.22. The summed E-state index contributed by atoms with van der Waals surface area (Å²) in [6.07, 6.45) is 0. The third kappa shape index (κ3) is 4.34. The van der Waals surface area contributed by atoms with Gasteiger partial charge in [-0.1, -0.05) is 29.3 Å². The van der Waals surface area contributed by atoms with Gasteiger partial charge in [-0.05, 0) is 18.2 Å². The van der Waals surface area contributed by atoms with Crippen LogP contribution in [0.5, 0.6) is 5.75 Å². The SMILES string of the molecule is O=C(COc1ccc(Cl)c(Cl)c1)Nc1cccc([N+](=O)[O-])c1. The van der Waals surface area contributed by atoms with Crippen molar-refractivity contribution in [2.45, 2.75) is 0 Å². The molecule has 2 aromatic rings. The van der Waals surface area contributed by atoms with E-state index in [1.807, 2.05) is 0 Å². The molecule has 0 atom stereocenters. The van der Waals surface area contributed by atoms with Crippen LogP contribution in [0.15, 0.2) is 42.5 Å². The van der Waals surface area contributed by atoms with Crippen LogP contribution in [0.3, 0.4) is 0 Å². The Bertz CT molecular complexity index is 722. The van der Waals surface area contributed by atoms with E-state index in [1.165, 1.54) is 24.3 Å². The van der Waals surface area contributed by atoms with Crippen LogP contribution in [0.25, 0.3) is 0 Å². The van der Waals surface area contributed by atoms with Gasteiger partial charge in [-0.2, -0.15) is 0 Å². The Morgan fingerprint density at radius 3 is 2.64 bits per heavy atom. The van der Waals surface area contributed by atoms with Crippen LogP contribution in [0.2, 0.25) is 10.0 Å². The summed E-state index contributed by atoms with van der Waals surface area (Å²) in [6.45, 7) is -0.263. The number of carbonyl (C=O) groups excluding carboxylic acids is 1. The highest BCUT2D eigenvalue weighted by molar-refractivity contribution is 6.42. The van der Waals surface area contributed by atoms with Crippen molar-refractivity contribution in [3.8, 4) is 5.75 Å². The van der Waals surface area contributed by atoms with Crippen molar-refractivity contribution >= 4 is 40.5 Å². The summed E-state index contributed by atoms with van der Waals surface area (Å²) >= 11 is 11.6. The van der Waals surface area contributed by atoms with E-state index in [-0.39, 0.29) is 12.3 Å². The van der Waals surface area contributed by atoms with Gasteiger partial charge in [0.2, 0.25) is 0 Å². The maximum Gasteiger partial charge on any atom is 0.271 e. The van der Waals surface area contributed by atoms with E-state index in [2.05, 4.69) is 5.32 Å². The van der Waals surface area contributed by atoms with E-state index in [1.54, 1.807) is 18.2 Å². The van der Waals surface area contributed by atoms with Crippen LogP contribution in [-0.2, 0) is 4.79 Å². The van der Waals surface area contributed by atoms with Gasteiger partial charge in [0.15, 0.2) is 6.61 Å². The number of rotatable bonds is 5. The maximum atomic E-state index is 11.8. The number of amides is 1. The largest absolute Gasteiger partial charge is 0.484 e. The summed E-state index contributed by atoms with van der Waals surface area (Å²) < 4.78 is 5.26. The topological polar surface area (TPSA) is 81.5 Å². The summed E-state index contributed by atoms with van der Waals surface area (Å²) in [5.41, 5.74) is 0.208. The number of ether oxygens (including phenoxy) is 1. The van der Waals surface area contributed by atoms with Gasteiger partial charge in [0.25, 0.3) is 11.6 Å². The fourth-order valence-corrected chi connectivity index (χ4v) is 1.90. The first-order chi connectivity index (χ1) is 10.5. The van der Waals surface area contributed by atoms with Crippen LogP contribution >= 0.6 is 23.2 Å². The molecule has 2 aromatic carbocycles. The lowest BCUT2D eigenvalue weighted by Gasteiger charge is -2.08. The highest BCUT2D eigenvalue weighted by Crippen LogP contribution is 2.26. The predicted molar refractivity (Wildman–Crippen MR) is 83.7 cm³/mol. The van der Waals surface area contributed by atoms with Gasteiger partial charge in [0.1, 0.15) is 5.75 Å². The Hall–Kier alpha value is -2.31. The van der Waals surface area contributed by atoms with Crippen molar-refractivity contribution in [3.05, 3.63) is 62.6 Å². The first-order valence-electron chi connectivity index (χ1n) is 6.08. The molecular weight excluding hydrogens is 331 g/mol. The lowest BCUT2D eigenvalue weighted by Crippen LogP contribution is -2.20. The number of halogens is 2. The van der Waals surface area contributed by atoms with E-state index in [4.69, 9.17) is 27.9 Å². The zero-order chi connectivity index (χ0) is 16.1. The van der Waals surface area contributed by atoms with E-state index >= 15 is 0 Å². The smallest absolute Gasteiger partial charge is 0.271 e. The molecule has 0 aliphatic rings. The third-order valence-corrected chi connectivity index (χ3v) is 3.34. The number of nitro benzene ring substituents is 1. The number of hydrogen-bond acceptors (Lipinski definition) is 4. The fourth-order valence-electron chi connectivity index (χ4n) is 1.61. The molecule has 0 radical (unpaired) electrons. The highest BCUT2D eigenvalue weighted by atomic mass is 35.5. The summed E-state index contributed by atoms with van der Waals surface area (Å²) in [5, 5.41) is 13.9. The van der Waals surface area contributed by atoms with Crippen LogP contribution in [0, 0.1) is 10.1 Å². The molecule has 0 saturated carbocycles. The number of nitrogens with zero attached hydrogens (tertiary/aromatic N) is 1. The standard InChI is InChI=1S/C14H10Cl2N2O4/c15-12-5-4-11(7-13(12)16)22-8-14(19)17-9-2-1-3-10(6-9)18(20)21/h1-7H,8H2,(H,17,19). The summed E-state index contributed by atoms with van der Waals surface area (Å²) in [7, 11) is 0. The van der Waals surface area contributed by atoms with Crippen LogP contribution in [-0.4, -0.2) is 17.4 Å². The minimum atomic E-state index is -0.540. The molecular formula is C14H10Cl2N2O4. The van der Waals surface area contributed by atoms with Crippen molar-refractivity contribution in [3.63, 3.8) is 0 Å². The number of carbonyl (C=O) groups is 1. The van der Waals surface area contributed by atoms with Gasteiger partial charge in [-0.3, -0.25) is 14.9 Å². The Balaban J connectivity index is 1.94. The number of nitrogens with one attached hydrogen (secondary N) is 1. The van der Waals surface area contributed by atoms with Crippen LogP contribution in [0.1, 0.15) is 0 Å². The molecule has 0 spiro atoms. The molecule has 2 rings (SSSR count). The molecule has 0 aliphatic carbocycles. The fraction of sp³-hybridized carbons (Fsp3) is 0.0714. The van der Waals surface area contributed by atoms with E-state index in [0.29, 0.717) is 21.5 Å². The second-order valence-corrected chi connectivity index (χ2v) is 5.03. The first-order valence-corrected chi connectivity index (χ1v) is 6.83. The van der Waals surface area contributed by atoms with Crippen molar-refractivity contribution in [2.24, 2.45) is 0 Å². The maximum absolute atomic E-state index is 11.8. The molecule has 0 fully saturated rings. The Kier molecular flexibility index (Phi) is 5.19. The molecule has 8 heteroatoms. The van der Waals surface area contributed by atoms with Gasteiger partial charge in [-0.15, -0.1) is 0 Å². The molecule has 0 unspecified atom stereocenters. The molecule has 114 valence electrons. The van der Waals surface area contributed by atoms with Crippen molar-refractivity contribution in [2.75, 3.05) is 11.9 Å². The predicted octanol–water partition coefficient (Wildman–Crippen LogP) is 3.92. The molecule has 6 nitrogen and oxygen atoms in total. The Morgan fingerprint density at radius 2 is 1.95 bits per heavy atom. The second kappa shape index (κ2) is 7.11. The number of hydrogen-bond donors (Lipinski definition) is 1. The summed E-state index contributed by atoms with van der Waals surface area (Å²) in [6, 6.07) is 10.2. The number of nitro groups is 1. The molecule has 1 amide bonds. The number of anilines is 1. The van der Waals surface area contributed by atoms with Gasteiger partial charge in [0.05, 0.1) is 15.0 Å². The molecule has 0 saturated heterocycles. The Morgan fingerprint density at radius 1 is 1.18 bits per heavy atom. The van der Waals surface area contributed by atoms with E-state index in [0.717, 1.165) is 0 Å². The molecule has 0 bridgehead atoms. The van der Waals surface area contributed by atoms with Crippen molar-refractivity contribution in [1.29, 1.82) is 0 Å². The van der Waals surface area contributed by atoms with Gasteiger partial charge in [-0.25, -0.2) is 0 Å². The number of non-ortho nitro benzene ring substituents is 1. The molecule has 0 aliphatic heterocycles. The van der Waals surface area contributed by atoms with E-state index in [9.17, 15) is 14.9 Å². The zero-order valence-electron chi connectivity index (χ0n) is 11.1. The first kappa shape index (κ1) is 16.1. The normalized spacial score (nSPS) is 10.1. The molecule has 1 N–H and O–H groups in total. The van der Waals surface area contributed by atoms with Gasteiger partial charge >= 0.3 is 0 Å². The average molecular weight is 341 g/mol. The summed E-state index contributed by atoms with van der Waals surface area (Å²) in [4.78, 5) is 21.9. The van der Waals surface area contributed by atoms with Crippen LogP contribution < -0.4 is 10.1 Å². The number of benzene rings is 2. The molecule has 22 heavy (non-hydrogen) atoms.